The summed E-state index contributed by atoms with van der Waals surface area (Å²) >= 11 is 1.99. The number of guanidine groups is 1. The average molecular weight is 391 g/mol. The van der Waals surface area contributed by atoms with Gasteiger partial charge in [0.2, 0.25) is 0 Å². The standard InChI is InChI=1S/C21H34N4OS/c1-3-22-21(24-19-7-8-20(14-19)27-2)23-15-17-5-4-6-18(13-17)16-25-9-11-26-12-10-25/h4-6,13,19-20H,3,7-12,14-16H2,1-2H3,(H2,22,23,24). The minimum atomic E-state index is 0.549. The molecular weight excluding hydrogens is 356 g/mol. The summed E-state index contributed by atoms with van der Waals surface area (Å²) in [5, 5.41) is 7.83. The zero-order valence-electron chi connectivity index (χ0n) is 16.7. The maximum absolute atomic E-state index is 5.44. The van der Waals surface area contributed by atoms with E-state index in [1.54, 1.807) is 0 Å². The Balaban J connectivity index is 1.55. The van der Waals surface area contributed by atoms with E-state index in [9.17, 15) is 0 Å². The van der Waals surface area contributed by atoms with E-state index >= 15 is 0 Å². The molecule has 0 amide bonds. The van der Waals surface area contributed by atoms with Crippen molar-refractivity contribution < 1.29 is 4.74 Å². The van der Waals surface area contributed by atoms with E-state index in [0.717, 1.165) is 50.6 Å². The highest BCUT2D eigenvalue weighted by Crippen LogP contribution is 2.28. The molecule has 2 atom stereocenters. The molecule has 150 valence electrons. The van der Waals surface area contributed by atoms with Crippen LogP contribution in [0.2, 0.25) is 0 Å². The van der Waals surface area contributed by atoms with Crippen molar-refractivity contribution in [3.05, 3.63) is 35.4 Å². The molecule has 1 aliphatic carbocycles. The van der Waals surface area contributed by atoms with Crippen LogP contribution < -0.4 is 10.6 Å². The van der Waals surface area contributed by atoms with Crippen LogP contribution in [0.15, 0.2) is 29.3 Å². The number of nitrogens with one attached hydrogen (secondary N) is 2. The van der Waals surface area contributed by atoms with E-state index in [-0.39, 0.29) is 0 Å². The molecule has 1 aromatic carbocycles. The first kappa shape index (κ1) is 20.5. The molecule has 1 saturated heterocycles. The van der Waals surface area contributed by atoms with Crippen LogP contribution in [-0.2, 0) is 17.8 Å². The number of benzene rings is 1. The molecule has 6 heteroatoms. The summed E-state index contributed by atoms with van der Waals surface area (Å²) in [5.74, 6) is 0.947. The third-order valence-electron chi connectivity index (χ3n) is 5.32. The van der Waals surface area contributed by atoms with Gasteiger partial charge in [0.05, 0.1) is 19.8 Å². The van der Waals surface area contributed by atoms with Crippen molar-refractivity contribution in [3.8, 4) is 0 Å². The summed E-state index contributed by atoms with van der Waals surface area (Å²) in [7, 11) is 0. The van der Waals surface area contributed by atoms with Crippen LogP contribution in [0.5, 0.6) is 0 Å². The second-order valence-corrected chi connectivity index (χ2v) is 8.55. The lowest BCUT2D eigenvalue weighted by Gasteiger charge is -2.26. The number of ether oxygens (including phenoxy) is 1. The van der Waals surface area contributed by atoms with Gasteiger partial charge in [0.25, 0.3) is 0 Å². The van der Waals surface area contributed by atoms with E-state index in [4.69, 9.17) is 9.73 Å². The van der Waals surface area contributed by atoms with Crippen LogP contribution >= 0.6 is 11.8 Å². The summed E-state index contributed by atoms with van der Waals surface area (Å²) in [6.45, 7) is 8.47. The molecule has 1 saturated carbocycles. The Morgan fingerprint density at radius 2 is 2.07 bits per heavy atom. The van der Waals surface area contributed by atoms with Crippen LogP contribution in [0.3, 0.4) is 0 Å². The smallest absolute Gasteiger partial charge is 0.191 e. The highest BCUT2D eigenvalue weighted by molar-refractivity contribution is 7.99. The van der Waals surface area contributed by atoms with Crippen molar-refractivity contribution in [3.63, 3.8) is 0 Å². The van der Waals surface area contributed by atoms with E-state index in [2.05, 4.69) is 53.0 Å². The van der Waals surface area contributed by atoms with Crippen molar-refractivity contribution in [2.45, 2.75) is 50.6 Å². The van der Waals surface area contributed by atoms with Gasteiger partial charge in [-0.2, -0.15) is 11.8 Å². The van der Waals surface area contributed by atoms with Crippen LogP contribution in [-0.4, -0.2) is 61.3 Å². The molecule has 1 aliphatic heterocycles. The fourth-order valence-electron chi connectivity index (χ4n) is 3.81. The van der Waals surface area contributed by atoms with Crippen LogP contribution in [0.4, 0.5) is 0 Å². The van der Waals surface area contributed by atoms with Crippen LogP contribution in [0, 0.1) is 0 Å². The largest absolute Gasteiger partial charge is 0.379 e. The van der Waals surface area contributed by atoms with Crippen LogP contribution in [0.1, 0.15) is 37.3 Å². The van der Waals surface area contributed by atoms with Gasteiger partial charge >= 0.3 is 0 Å². The lowest BCUT2D eigenvalue weighted by Crippen LogP contribution is -2.42. The highest BCUT2D eigenvalue weighted by Gasteiger charge is 2.24. The Bertz CT molecular complexity index is 604. The predicted molar refractivity (Wildman–Crippen MR) is 115 cm³/mol. The molecule has 0 radical (unpaired) electrons. The molecule has 2 unspecified atom stereocenters. The SMILES string of the molecule is CCNC(=NCc1cccc(CN2CCOCC2)c1)NC1CCC(SC)C1. The lowest BCUT2D eigenvalue weighted by atomic mass is 10.1. The number of rotatable bonds is 7. The van der Waals surface area contributed by atoms with Crippen molar-refractivity contribution in [1.82, 2.24) is 15.5 Å². The minimum Gasteiger partial charge on any atom is -0.379 e. The third kappa shape index (κ3) is 6.70. The molecule has 2 fully saturated rings. The fraction of sp³-hybridized carbons (Fsp3) is 0.667. The van der Waals surface area contributed by atoms with E-state index in [0.29, 0.717) is 12.6 Å². The summed E-state index contributed by atoms with van der Waals surface area (Å²) in [5.41, 5.74) is 2.63. The Kier molecular flexibility index (Phi) is 8.30. The first-order valence-electron chi connectivity index (χ1n) is 10.2. The summed E-state index contributed by atoms with van der Waals surface area (Å²) < 4.78 is 5.44. The van der Waals surface area contributed by atoms with Crippen molar-refractivity contribution in [1.29, 1.82) is 0 Å². The Hall–Kier alpha value is -1.24. The first-order valence-corrected chi connectivity index (χ1v) is 11.5. The molecule has 0 bridgehead atoms. The maximum atomic E-state index is 5.44. The molecule has 2 aliphatic rings. The lowest BCUT2D eigenvalue weighted by molar-refractivity contribution is 0.0342. The molecule has 27 heavy (non-hydrogen) atoms. The van der Waals surface area contributed by atoms with Gasteiger partial charge in [-0.05, 0) is 43.6 Å². The Labute approximate surface area is 168 Å². The Morgan fingerprint density at radius 1 is 1.26 bits per heavy atom. The van der Waals surface area contributed by atoms with Crippen molar-refractivity contribution >= 4 is 17.7 Å². The van der Waals surface area contributed by atoms with Gasteiger partial charge in [-0.1, -0.05) is 24.3 Å². The monoisotopic (exact) mass is 390 g/mol. The van der Waals surface area contributed by atoms with Crippen molar-refractivity contribution in [2.24, 2.45) is 4.99 Å². The summed E-state index contributed by atoms with van der Waals surface area (Å²) in [4.78, 5) is 7.30. The molecule has 5 nitrogen and oxygen atoms in total. The number of hydrogen-bond donors (Lipinski definition) is 2. The number of nitrogens with zero attached hydrogens (tertiary/aromatic N) is 2. The van der Waals surface area contributed by atoms with Gasteiger partial charge in [-0.25, -0.2) is 4.99 Å². The third-order valence-corrected chi connectivity index (χ3v) is 6.42. The molecular formula is C21H34N4OS. The summed E-state index contributed by atoms with van der Waals surface area (Å²) in [6.07, 6.45) is 6.00. The number of thioether (sulfide) groups is 1. The number of morpholine rings is 1. The molecule has 2 N–H and O–H groups in total. The topological polar surface area (TPSA) is 48.9 Å². The highest BCUT2D eigenvalue weighted by atomic mass is 32.2. The van der Waals surface area contributed by atoms with Gasteiger partial charge in [0.1, 0.15) is 0 Å². The van der Waals surface area contributed by atoms with Gasteiger partial charge in [-0.15, -0.1) is 0 Å². The fourth-order valence-corrected chi connectivity index (χ4v) is 4.61. The quantitative estimate of drug-likeness (QED) is 0.554. The van der Waals surface area contributed by atoms with E-state index in [1.807, 2.05) is 11.8 Å². The van der Waals surface area contributed by atoms with Gasteiger partial charge in [-0.3, -0.25) is 4.90 Å². The first-order chi connectivity index (χ1) is 13.3. The number of aliphatic imine (C=N–C) groups is 1. The molecule has 1 heterocycles. The second kappa shape index (κ2) is 10.9. The predicted octanol–water partition coefficient (Wildman–Crippen LogP) is 2.86. The molecule has 0 aromatic heterocycles. The van der Waals surface area contributed by atoms with Gasteiger partial charge in [0, 0.05) is 37.5 Å². The summed E-state index contributed by atoms with van der Waals surface area (Å²) in [6, 6.07) is 9.39. The number of hydrogen-bond acceptors (Lipinski definition) is 4. The minimum absolute atomic E-state index is 0.549. The zero-order valence-corrected chi connectivity index (χ0v) is 17.6. The Morgan fingerprint density at radius 3 is 2.81 bits per heavy atom. The average Bonchev–Trinajstić information content (AvgIpc) is 3.15. The second-order valence-electron chi connectivity index (χ2n) is 7.42. The van der Waals surface area contributed by atoms with Crippen molar-refractivity contribution in [2.75, 3.05) is 39.1 Å². The van der Waals surface area contributed by atoms with E-state index < -0.39 is 0 Å². The van der Waals surface area contributed by atoms with E-state index in [1.165, 1.54) is 30.4 Å². The van der Waals surface area contributed by atoms with Gasteiger partial charge < -0.3 is 15.4 Å². The molecule has 3 rings (SSSR count). The van der Waals surface area contributed by atoms with Gasteiger partial charge in [0.15, 0.2) is 5.96 Å². The zero-order chi connectivity index (χ0) is 18.9. The molecule has 1 aromatic rings. The van der Waals surface area contributed by atoms with Crippen LogP contribution in [0.25, 0.3) is 0 Å². The molecule has 0 spiro atoms. The maximum Gasteiger partial charge on any atom is 0.191 e. The normalized spacial score (nSPS) is 24.1.